The molecule has 0 radical (unpaired) electrons. The number of benzene rings is 2. The average molecular weight is 377 g/mol. The molecule has 0 saturated heterocycles. The fourth-order valence-electron chi connectivity index (χ4n) is 3.22. The third kappa shape index (κ3) is 3.91. The van der Waals surface area contributed by atoms with Crippen LogP contribution in [0.1, 0.15) is 38.7 Å². The molecule has 2 aromatic rings. The predicted octanol–water partition coefficient (Wildman–Crippen LogP) is 4.52. The van der Waals surface area contributed by atoms with Gasteiger partial charge in [0.2, 0.25) is 10.0 Å². The van der Waals surface area contributed by atoms with Crippen LogP contribution in [0, 0.1) is 0 Å². The largest absolute Gasteiger partial charge is 0.457 e. The van der Waals surface area contributed by atoms with E-state index in [0.29, 0.717) is 36.3 Å². The van der Waals surface area contributed by atoms with Crippen LogP contribution in [0.4, 0.5) is 4.39 Å². The summed E-state index contributed by atoms with van der Waals surface area (Å²) < 4.78 is 48.3. The van der Waals surface area contributed by atoms with Crippen molar-refractivity contribution in [1.82, 2.24) is 4.72 Å². The Hall–Kier alpha value is -1.92. The van der Waals surface area contributed by atoms with Crippen molar-refractivity contribution in [3.05, 3.63) is 60.2 Å². The lowest BCUT2D eigenvalue weighted by atomic mass is 9.91. The molecule has 26 heavy (non-hydrogen) atoms. The molecule has 0 bridgehead atoms. The van der Waals surface area contributed by atoms with Crippen LogP contribution in [-0.4, -0.2) is 19.7 Å². The van der Waals surface area contributed by atoms with Gasteiger partial charge >= 0.3 is 0 Å². The smallest absolute Gasteiger partial charge is 0.214 e. The van der Waals surface area contributed by atoms with Crippen molar-refractivity contribution in [1.29, 1.82) is 0 Å². The van der Waals surface area contributed by atoms with Crippen molar-refractivity contribution in [3.63, 3.8) is 0 Å². The topological polar surface area (TPSA) is 55.4 Å². The van der Waals surface area contributed by atoms with Crippen molar-refractivity contribution in [2.24, 2.45) is 0 Å². The molecule has 6 heteroatoms. The van der Waals surface area contributed by atoms with Gasteiger partial charge in [-0.1, -0.05) is 30.3 Å². The van der Waals surface area contributed by atoms with Crippen LogP contribution in [0.3, 0.4) is 0 Å². The summed E-state index contributed by atoms with van der Waals surface area (Å²) in [5.41, 5.74) is -1.22. The third-order valence-corrected chi connectivity index (χ3v) is 6.68. The molecular formula is C20H24FNO3S. The molecule has 1 aliphatic carbocycles. The molecule has 1 aliphatic rings. The predicted molar refractivity (Wildman–Crippen MR) is 101 cm³/mol. The number of para-hydroxylation sites is 1. The Morgan fingerprint density at radius 1 is 1.08 bits per heavy atom. The highest BCUT2D eigenvalue weighted by molar-refractivity contribution is 7.90. The quantitative estimate of drug-likeness (QED) is 0.805. The van der Waals surface area contributed by atoms with Gasteiger partial charge in [0.05, 0.1) is 11.3 Å². The van der Waals surface area contributed by atoms with Crippen LogP contribution in [0.5, 0.6) is 11.5 Å². The van der Waals surface area contributed by atoms with E-state index in [1.165, 1.54) is 0 Å². The molecule has 0 aromatic heterocycles. The Labute approximate surface area is 154 Å². The summed E-state index contributed by atoms with van der Waals surface area (Å²) in [6.45, 7) is 3.18. The average Bonchev–Trinajstić information content (AvgIpc) is 2.97. The van der Waals surface area contributed by atoms with Gasteiger partial charge in [-0.3, -0.25) is 0 Å². The van der Waals surface area contributed by atoms with E-state index < -0.39 is 27.0 Å². The van der Waals surface area contributed by atoms with Gasteiger partial charge in [-0.15, -0.1) is 0 Å². The minimum atomic E-state index is -3.52. The lowest BCUT2D eigenvalue weighted by Gasteiger charge is -2.29. The normalized spacial score (nSPS) is 23.3. The molecule has 0 amide bonds. The molecule has 0 heterocycles. The Bertz CT molecular complexity index is 837. The molecule has 2 aromatic carbocycles. The van der Waals surface area contributed by atoms with Crippen LogP contribution in [0.15, 0.2) is 54.6 Å². The van der Waals surface area contributed by atoms with Gasteiger partial charge in [-0.2, -0.15) is 0 Å². The molecule has 3 rings (SSSR count). The summed E-state index contributed by atoms with van der Waals surface area (Å²) in [7, 11) is -3.52. The highest BCUT2D eigenvalue weighted by atomic mass is 32.2. The number of hydrogen-bond acceptors (Lipinski definition) is 3. The summed E-state index contributed by atoms with van der Waals surface area (Å²) >= 11 is 0. The molecule has 0 unspecified atom stereocenters. The van der Waals surface area contributed by atoms with Crippen molar-refractivity contribution in [3.8, 4) is 11.5 Å². The zero-order valence-corrected chi connectivity index (χ0v) is 15.8. The van der Waals surface area contributed by atoms with E-state index in [1.807, 2.05) is 30.3 Å². The van der Waals surface area contributed by atoms with Gasteiger partial charge in [0, 0.05) is 0 Å². The highest BCUT2D eigenvalue weighted by Crippen LogP contribution is 2.43. The molecule has 1 fully saturated rings. The van der Waals surface area contributed by atoms with Crippen LogP contribution in [0.25, 0.3) is 0 Å². The lowest BCUT2D eigenvalue weighted by molar-refractivity contribution is 0.142. The molecule has 0 spiro atoms. The van der Waals surface area contributed by atoms with Gasteiger partial charge in [-0.05, 0) is 62.9 Å². The second-order valence-electron chi connectivity index (χ2n) is 6.96. The SMILES string of the molecule is CC(C)S(=O)(=O)N[C@H]1CCC[C@@]1(F)c1ccc(Oc2ccccc2)cc1. The number of alkyl halides is 1. The number of ether oxygens (including phenoxy) is 1. The first-order valence-electron chi connectivity index (χ1n) is 8.85. The van der Waals surface area contributed by atoms with Crippen LogP contribution in [-0.2, 0) is 15.7 Å². The van der Waals surface area contributed by atoms with E-state index in [1.54, 1.807) is 38.1 Å². The fraction of sp³-hybridized carbons (Fsp3) is 0.400. The Balaban J connectivity index is 1.78. The molecule has 1 saturated carbocycles. The van der Waals surface area contributed by atoms with Gasteiger partial charge in [0.1, 0.15) is 11.5 Å². The van der Waals surface area contributed by atoms with Crippen molar-refractivity contribution in [2.45, 2.75) is 50.1 Å². The van der Waals surface area contributed by atoms with Gasteiger partial charge in [-0.25, -0.2) is 17.5 Å². The standard InChI is InChI=1S/C20H24FNO3S/c1-15(2)26(23,24)22-19-9-6-14-20(19,21)16-10-12-18(13-11-16)25-17-7-4-3-5-8-17/h3-5,7-8,10-13,15,19,22H,6,9,14H2,1-2H3/t19-,20+/m0/s1. The van der Waals surface area contributed by atoms with Gasteiger partial charge in [0.25, 0.3) is 0 Å². The monoisotopic (exact) mass is 377 g/mol. The minimum Gasteiger partial charge on any atom is -0.457 e. The first-order valence-corrected chi connectivity index (χ1v) is 10.4. The molecule has 2 atom stereocenters. The molecule has 1 N–H and O–H groups in total. The fourth-order valence-corrected chi connectivity index (χ4v) is 4.20. The van der Waals surface area contributed by atoms with E-state index >= 15 is 4.39 Å². The third-order valence-electron chi connectivity index (χ3n) is 4.83. The van der Waals surface area contributed by atoms with E-state index in [9.17, 15) is 8.42 Å². The first-order chi connectivity index (χ1) is 12.3. The van der Waals surface area contributed by atoms with E-state index in [0.717, 1.165) is 0 Å². The first kappa shape index (κ1) is 18.9. The number of hydrogen-bond donors (Lipinski definition) is 1. The molecule has 140 valence electrons. The van der Waals surface area contributed by atoms with E-state index in [4.69, 9.17) is 4.74 Å². The number of halogens is 1. The number of nitrogens with one attached hydrogen (secondary N) is 1. The lowest BCUT2D eigenvalue weighted by Crippen LogP contribution is -2.46. The zero-order chi connectivity index (χ0) is 18.8. The highest BCUT2D eigenvalue weighted by Gasteiger charge is 2.46. The van der Waals surface area contributed by atoms with Crippen molar-refractivity contribution < 1.29 is 17.5 Å². The molecule has 0 aliphatic heterocycles. The second kappa shape index (κ2) is 7.37. The second-order valence-corrected chi connectivity index (χ2v) is 9.23. The van der Waals surface area contributed by atoms with E-state index in [-0.39, 0.29) is 0 Å². The molecule has 4 nitrogen and oxygen atoms in total. The zero-order valence-electron chi connectivity index (χ0n) is 15.0. The van der Waals surface area contributed by atoms with Crippen molar-refractivity contribution >= 4 is 10.0 Å². The summed E-state index contributed by atoms with van der Waals surface area (Å²) in [4.78, 5) is 0. The van der Waals surface area contributed by atoms with Crippen LogP contribution in [0.2, 0.25) is 0 Å². The van der Waals surface area contributed by atoms with Crippen LogP contribution < -0.4 is 9.46 Å². The summed E-state index contributed by atoms with van der Waals surface area (Å²) in [6, 6.07) is 15.4. The van der Waals surface area contributed by atoms with Crippen molar-refractivity contribution in [2.75, 3.05) is 0 Å². The van der Waals surface area contributed by atoms with Gasteiger partial charge < -0.3 is 4.74 Å². The number of sulfonamides is 1. The van der Waals surface area contributed by atoms with Gasteiger partial charge in [0.15, 0.2) is 5.67 Å². The number of rotatable bonds is 6. The maximum Gasteiger partial charge on any atom is 0.214 e. The summed E-state index contributed by atoms with van der Waals surface area (Å²) in [5, 5.41) is -0.589. The Morgan fingerprint density at radius 3 is 2.31 bits per heavy atom. The van der Waals surface area contributed by atoms with Crippen LogP contribution >= 0.6 is 0 Å². The molecular weight excluding hydrogens is 353 g/mol. The Morgan fingerprint density at radius 2 is 1.69 bits per heavy atom. The maximum absolute atomic E-state index is 15.7. The van der Waals surface area contributed by atoms with E-state index in [2.05, 4.69) is 4.72 Å². The minimum absolute atomic E-state index is 0.303. The summed E-state index contributed by atoms with van der Waals surface area (Å²) in [5.74, 6) is 1.32. The summed E-state index contributed by atoms with van der Waals surface area (Å²) in [6.07, 6.45) is 1.44. The maximum atomic E-state index is 15.7. The Kier molecular flexibility index (Phi) is 5.34.